The van der Waals surface area contributed by atoms with Crippen LogP contribution < -0.4 is 5.73 Å². The molecule has 0 aromatic carbocycles. The van der Waals surface area contributed by atoms with Crippen LogP contribution in [0.15, 0.2) is 0 Å². The molecule has 4 heteroatoms. The molecule has 0 bridgehead atoms. The topological polar surface area (TPSA) is 49.6 Å². The standard InChI is InChI=1S/C15H29N3O/c1-17(2)13-6-9-18(11-13)14(19)10-15(12-16)7-4-3-5-8-15/h13H,3-12,16H2,1-2H3. The number of hydrogen-bond acceptors (Lipinski definition) is 3. The first-order valence-corrected chi connectivity index (χ1v) is 7.71. The molecule has 2 aliphatic rings. The van der Waals surface area contributed by atoms with Crippen molar-refractivity contribution in [1.29, 1.82) is 0 Å². The molecule has 0 spiro atoms. The van der Waals surface area contributed by atoms with E-state index in [4.69, 9.17) is 5.73 Å². The van der Waals surface area contributed by atoms with Crippen molar-refractivity contribution in [3.05, 3.63) is 0 Å². The van der Waals surface area contributed by atoms with Crippen molar-refractivity contribution >= 4 is 5.91 Å². The van der Waals surface area contributed by atoms with Crippen LogP contribution in [0.4, 0.5) is 0 Å². The summed E-state index contributed by atoms with van der Waals surface area (Å²) in [5, 5.41) is 0. The van der Waals surface area contributed by atoms with Crippen molar-refractivity contribution < 1.29 is 4.79 Å². The van der Waals surface area contributed by atoms with E-state index in [0.717, 1.165) is 32.4 Å². The Balaban J connectivity index is 1.90. The third-order valence-corrected chi connectivity index (χ3v) is 5.12. The Morgan fingerprint density at radius 1 is 1.32 bits per heavy atom. The number of carbonyl (C=O) groups is 1. The van der Waals surface area contributed by atoms with E-state index in [0.29, 0.717) is 24.9 Å². The van der Waals surface area contributed by atoms with Crippen LogP contribution in [-0.2, 0) is 4.79 Å². The molecule has 1 saturated heterocycles. The Labute approximate surface area is 117 Å². The van der Waals surface area contributed by atoms with Gasteiger partial charge >= 0.3 is 0 Å². The van der Waals surface area contributed by atoms with Crippen molar-refractivity contribution in [2.24, 2.45) is 11.1 Å². The van der Waals surface area contributed by atoms with Gasteiger partial charge in [-0.05, 0) is 45.3 Å². The van der Waals surface area contributed by atoms with Gasteiger partial charge in [0.1, 0.15) is 0 Å². The number of likely N-dealkylation sites (tertiary alicyclic amines) is 1. The van der Waals surface area contributed by atoms with Gasteiger partial charge in [-0.25, -0.2) is 0 Å². The zero-order chi connectivity index (χ0) is 13.9. The molecule has 0 aromatic rings. The van der Waals surface area contributed by atoms with E-state index < -0.39 is 0 Å². The number of hydrogen-bond donors (Lipinski definition) is 1. The van der Waals surface area contributed by atoms with Crippen molar-refractivity contribution in [3.8, 4) is 0 Å². The van der Waals surface area contributed by atoms with Gasteiger partial charge in [-0.3, -0.25) is 4.79 Å². The molecule has 1 unspecified atom stereocenters. The second-order valence-corrected chi connectivity index (χ2v) is 6.69. The van der Waals surface area contributed by atoms with E-state index >= 15 is 0 Å². The fourth-order valence-corrected chi connectivity index (χ4v) is 3.58. The molecule has 2 N–H and O–H groups in total. The smallest absolute Gasteiger partial charge is 0.223 e. The van der Waals surface area contributed by atoms with Crippen molar-refractivity contribution in [2.45, 2.75) is 51.0 Å². The van der Waals surface area contributed by atoms with E-state index in [1.807, 2.05) is 0 Å². The van der Waals surface area contributed by atoms with Crippen LogP contribution >= 0.6 is 0 Å². The predicted octanol–water partition coefficient (Wildman–Crippen LogP) is 1.45. The average molecular weight is 267 g/mol. The van der Waals surface area contributed by atoms with Gasteiger partial charge in [0, 0.05) is 25.6 Å². The third-order valence-electron chi connectivity index (χ3n) is 5.12. The molecular formula is C15H29N3O. The van der Waals surface area contributed by atoms with Crippen LogP contribution in [0.2, 0.25) is 0 Å². The lowest BCUT2D eigenvalue weighted by atomic mass is 9.71. The van der Waals surface area contributed by atoms with Crippen LogP contribution in [-0.4, -0.2) is 55.5 Å². The second-order valence-electron chi connectivity index (χ2n) is 6.69. The van der Waals surface area contributed by atoms with Gasteiger partial charge in [-0.2, -0.15) is 0 Å². The number of rotatable bonds is 4. The second kappa shape index (κ2) is 6.23. The molecule has 1 saturated carbocycles. The number of nitrogens with zero attached hydrogens (tertiary/aromatic N) is 2. The Morgan fingerprint density at radius 2 is 2.00 bits per heavy atom. The molecular weight excluding hydrogens is 238 g/mol. The highest BCUT2D eigenvalue weighted by atomic mass is 16.2. The summed E-state index contributed by atoms with van der Waals surface area (Å²) < 4.78 is 0. The number of nitrogens with two attached hydrogens (primary N) is 1. The fourth-order valence-electron chi connectivity index (χ4n) is 3.58. The summed E-state index contributed by atoms with van der Waals surface area (Å²) in [5.41, 5.74) is 6.08. The van der Waals surface area contributed by atoms with Gasteiger partial charge in [-0.15, -0.1) is 0 Å². The van der Waals surface area contributed by atoms with Crippen LogP contribution in [0.3, 0.4) is 0 Å². The van der Waals surface area contributed by atoms with Crippen molar-refractivity contribution in [3.63, 3.8) is 0 Å². The lowest BCUT2D eigenvalue weighted by Crippen LogP contribution is -2.41. The predicted molar refractivity (Wildman–Crippen MR) is 77.9 cm³/mol. The van der Waals surface area contributed by atoms with Crippen LogP contribution in [0.5, 0.6) is 0 Å². The van der Waals surface area contributed by atoms with Gasteiger partial charge in [0.15, 0.2) is 0 Å². The minimum absolute atomic E-state index is 0.103. The Hall–Kier alpha value is -0.610. The minimum atomic E-state index is 0.103. The van der Waals surface area contributed by atoms with Crippen molar-refractivity contribution in [2.75, 3.05) is 33.7 Å². The molecule has 1 heterocycles. The highest BCUT2D eigenvalue weighted by Crippen LogP contribution is 2.39. The quantitative estimate of drug-likeness (QED) is 0.838. The van der Waals surface area contributed by atoms with Gasteiger partial charge in [0.25, 0.3) is 0 Å². The van der Waals surface area contributed by atoms with Crippen molar-refractivity contribution in [1.82, 2.24) is 9.80 Å². The molecule has 4 nitrogen and oxygen atoms in total. The lowest BCUT2D eigenvalue weighted by molar-refractivity contribution is -0.133. The molecule has 19 heavy (non-hydrogen) atoms. The molecule has 1 aliphatic heterocycles. The van der Waals surface area contributed by atoms with Gasteiger partial charge in [0.2, 0.25) is 5.91 Å². The summed E-state index contributed by atoms with van der Waals surface area (Å²) in [7, 11) is 4.20. The van der Waals surface area contributed by atoms with E-state index in [1.165, 1.54) is 19.3 Å². The first-order chi connectivity index (χ1) is 9.06. The van der Waals surface area contributed by atoms with E-state index in [9.17, 15) is 4.79 Å². The maximum Gasteiger partial charge on any atom is 0.223 e. The van der Waals surface area contributed by atoms with E-state index in [-0.39, 0.29) is 5.41 Å². The summed E-state index contributed by atoms with van der Waals surface area (Å²) in [6, 6.07) is 0.532. The molecule has 2 rings (SSSR count). The molecule has 1 atom stereocenters. The Bertz CT molecular complexity index is 311. The zero-order valence-electron chi connectivity index (χ0n) is 12.5. The molecule has 2 fully saturated rings. The zero-order valence-corrected chi connectivity index (χ0v) is 12.5. The number of carbonyl (C=O) groups excluding carboxylic acids is 1. The molecule has 110 valence electrons. The minimum Gasteiger partial charge on any atom is -0.341 e. The van der Waals surface area contributed by atoms with E-state index in [2.05, 4.69) is 23.9 Å². The maximum absolute atomic E-state index is 12.5. The fraction of sp³-hybridized carbons (Fsp3) is 0.933. The number of amides is 1. The summed E-state index contributed by atoms with van der Waals surface area (Å²) in [6.45, 7) is 2.48. The lowest BCUT2D eigenvalue weighted by Gasteiger charge is -2.36. The monoisotopic (exact) mass is 267 g/mol. The molecule has 0 aromatic heterocycles. The largest absolute Gasteiger partial charge is 0.341 e. The summed E-state index contributed by atoms with van der Waals surface area (Å²) in [5.74, 6) is 0.330. The van der Waals surface area contributed by atoms with Gasteiger partial charge in [-0.1, -0.05) is 19.3 Å². The van der Waals surface area contributed by atoms with Gasteiger partial charge < -0.3 is 15.5 Å². The maximum atomic E-state index is 12.5. The average Bonchev–Trinajstić information content (AvgIpc) is 2.89. The van der Waals surface area contributed by atoms with Crippen LogP contribution in [0.1, 0.15) is 44.9 Å². The molecule has 1 aliphatic carbocycles. The highest BCUT2D eigenvalue weighted by molar-refractivity contribution is 5.77. The summed E-state index contributed by atoms with van der Waals surface area (Å²) in [4.78, 5) is 16.8. The Morgan fingerprint density at radius 3 is 2.53 bits per heavy atom. The van der Waals surface area contributed by atoms with Crippen LogP contribution in [0, 0.1) is 5.41 Å². The SMILES string of the molecule is CN(C)C1CCN(C(=O)CC2(CN)CCCCC2)C1. The first-order valence-electron chi connectivity index (χ1n) is 7.71. The summed E-state index contributed by atoms with van der Waals surface area (Å²) in [6.07, 6.45) is 7.84. The normalized spacial score (nSPS) is 26.9. The third kappa shape index (κ3) is 3.48. The van der Waals surface area contributed by atoms with Gasteiger partial charge in [0.05, 0.1) is 0 Å². The molecule has 1 amide bonds. The first kappa shape index (κ1) is 14.8. The highest BCUT2D eigenvalue weighted by Gasteiger charge is 2.36. The molecule has 0 radical (unpaired) electrons. The summed E-state index contributed by atoms with van der Waals surface area (Å²) >= 11 is 0. The number of likely N-dealkylation sites (N-methyl/N-ethyl adjacent to an activating group) is 1. The van der Waals surface area contributed by atoms with Crippen LogP contribution in [0.25, 0.3) is 0 Å². The van der Waals surface area contributed by atoms with E-state index in [1.54, 1.807) is 0 Å². The Kier molecular flexibility index (Phi) is 4.85.